The maximum Gasteiger partial charge on any atom is 0.312 e. The molecule has 8 heteroatoms. The quantitative estimate of drug-likeness (QED) is 0.328. The lowest BCUT2D eigenvalue weighted by Gasteiger charge is -2.26. The van der Waals surface area contributed by atoms with Crippen molar-refractivity contribution < 1.29 is 38.4 Å². The first-order chi connectivity index (χ1) is 16.9. The van der Waals surface area contributed by atoms with Crippen LogP contribution in [0.2, 0.25) is 0 Å². The van der Waals surface area contributed by atoms with Gasteiger partial charge in [-0.1, -0.05) is 12.1 Å². The molecular formula is C27H22O8. The second kappa shape index (κ2) is 8.72. The Morgan fingerprint density at radius 2 is 1.66 bits per heavy atom. The van der Waals surface area contributed by atoms with Gasteiger partial charge in [0.1, 0.15) is 11.5 Å². The molecule has 2 aliphatic heterocycles. The first kappa shape index (κ1) is 22.3. The number of rotatable bonds is 5. The van der Waals surface area contributed by atoms with Gasteiger partial charge >= 0.3 is 5.97 Å². The summed E-state index contributed by atoms with van der Waals surface area (Å²) in [6.45, 7) is 0. The number of carbonyl (C=O) groups is 2. The molecule has 0 unspecified atom stereocenters. The zero-order valence-corrected chi connectivity index (χ0v) is 19.3. The third-order valence-electron chi connectivity index (χ3n) is 6.09. The van der Waals surface area contributed by atoms with Crippen molar-refractivity contribution in [2.75, 3.05) is 21.3 Å². The van der Waals surface area contributed by atoms with Crippen molar-refractivity contribution >= 4 is 17.8 Å². The van der Waals surface area contributed by atoms with E-state index in [1.165, 1.54) is 20.3 Å². The predicted octanol–water partition coefficient (Wildman–Crippen LogP) is 4.48. The highest BCUT2D eigenvalue weighted by Crippen LogP contribution is 2.49. The van der Waals surface area contributed by atoms with Crippen LogP contribution in [0.25, 0.3) is 6.08 Å². The highest BCUT2D eigenvalue weighted by Gasteiger charge is 2.38. The Labute approximate surface area is 201 Å². The fourth-order valence-corrected chi connectivity index (χ4v) is 4.40. The van der Waals surface area contributed by atoms with Crippen LogP contribution in [0, 0.1) is 0 Å². The van der Waals surface area contributed by atoms with E-state index in [4.69, 9.17) is 23.7 Å². The molecule has 8 nitrogen and oxygen atoms in total. The zero-order valence-electron chi connectivity index (χ0n) is 19.3. The highest BCUT2D eigenvalue weighted by molar-refractivity contribution is 6.15. The summed E-state index contributed by atoms with van der Waals surface area (Å²) in [6.07, 6.45) is 1.67. The number of phenolic OH excluding ortho intramolecular Hbond substituents is 1. The second-order valence-corrected chi connectivity index (χ2v) is 8.07. The third-order valence-corrected chi connectivity index (χ3v) is 6.09. The number of carbonyl (C=O) groups excluding carboxylic acids is 2. The van der Waals surface area contributed by atoms with E-state index in [0.717, 1.165) is 5.56 Å². The Morgan fingerprint density at radius 3 is 2.40 bits per heavy atom. The Bertz CT molecular complexity index is 1390. The number of ketones is 1. The first-order valence-electron chi connectivity index (χ1n) is 10.8. The van der Waals surface area contributed by atoms with Crippen molar-refractivity contribution in [1.82, 2.24) is 0 Å². The fraction of sp³-hybridized carbons (Fsp3) is 0.185. The Kier molecular flexibility index (Phi) is 5.56. The fourth-order valence-electron chi connectivity index (χ4n) is 4.40. The number of allylic oxidation sites excluding steroid dienone is 1. The topological polar surface area (TPSA) is 101 Å². The van der Waals surface area contributed by atoms with Crippen molar-refractivity contribution in [3.8, 4) is 34.5 Å². The number of methoxy groups -OCH3 is 3. The Morgan fingerprint density at radius 1 is 0.886 bits per heavy atom. The van der Waals surface area contributed by atoms with E-state index in [1.54, 1.807) is 55.7 Å². The molecule has 0 saturated carbocycles. The van der Waals surface area contributed by atoms with Crippen LogP contribution in [0.1, 0.15) is 39.4 Å². The molecule has 3 aromatic rings. The summed E-state index contributed by atoms with van der Waals surface area (Å²) in [5.41, 5.74) is 2.39. The molecule has 1 atom stereocenters. The summed E-state index contributed by atoms with van der Waals surface area (Å²) in [7, 11) is 4.53. The molecule has 0 amide bonds. The first-order valence-corrected chi connectivity index (χ1v) is 10.8. The molecule has 0 aromatic heterocycles. The number of esters is 1. The van der Waals surface area contributed by atoms with Crippen LogP contribution in [0.15, 0.2) is 54.3 Å². The monoisotopic (exact) mass is 474 g/mol. The van der Waals surface area contributed by atoms with Gasteiger partial charge in [0.15, 0.2) is 28.8 Å². The average Bonchev–Trinajstić information content (AvgIpc) is 3.18. The molecule has 0 spiro atoms. The van der Waals surface area contributed by atoms with Crippen LogP contribution < -0.4 is 23.7 Å². The average molecular weight is 474 g/mol. The van der Waals surface area contributed by atoms with E-state index in [9.17, 15) is 14.7 Å². The van der Waals surface area contributed by atoms with Crippen LogP contribution in [-0.4, -0.2) is 38.2 Å². The summed E-state index contributed by atoms with van der Waals surface area (Å²) in [4.78, 5) is 25.6. The van der Waals surface area contributed by atoms with Gasteiger partial charge in [-0.15, -0.1) is 0 Å². The molecule has 2 heterocycles. The number of Topliss-reactive ketones (excluding diaryl/α,β-unsaturated/α-hetero) is 1. The van der Waals surface area contributed by atoms with Gasteiger partial charge in [-0.25, -0.2) is 0 Å². The molecule has 0 fully saturated rings. The number of hydrogen-bond acceptors (Lipinski definition) is 8. The molecule has 1 N–H and O–H groups in total. The van der Waals surface area contributed by atoms with Crippen LogP contribution >= 0.6 is 0 Å². The van der Waals surface area contributed by atoms with E-state index < -0.39 is 11.9 Å². The van der Waals surface area contributed by atoms with Crippen LogP contribution in [0.5, 0.6) is 34.5 Å². The SMILES string of the molecule is COc1cc([C@H]2CC(=O)Oc3ccc4c(c32)O/C(=C\c2ccc(OC)c(OC)c2)C4=O)ccc1O. The van der Waals surface area contributed by atoms with Crippen LogP contribution in [-0.2, 0) is 4.79 Å². The number of phenols is 1. The molecule has 3 aromatic carbocycles. The van der Waals surface area contributed by atoms with E-state index in [0.29, 0.717) is 39.7 Å². The maximum atomic E-state index is 13.2. The summed E-state index contributed by atoms with van der Waals surface area (Å²) in [6, 6.07) is 13.4. The van der Waals surface area contributed by atoms with Crippen LogP contribution in [0.3, 0.4) is 0 Å². The predicted molar refractivity (Wildman–Crippen MR) is 126 cm³/mol. The van der Waals surface area contributed by atoms with Crippen molar-refractivity contribution in [2.24, 2.45) is 0 Å². The highest BCUT2D eigenvalue weighted by atomic mass is 16.5. The molecule has 2 aliphatic rings. The minimum absolute atomic E-state index is 0.0142. The molecule has 0 aliphatic carbocycles. The zero-order chi connectivity index (χ0) is 24.7. The molecule has 35 heavy (non-hydrogen) atoms. The van der Waals surface area contributed by atoms with Crippen molar-refractivity contribution in [3.63, 3.8) is 0 Å². The van der Waals surface area contributed by atoms with Gasteiger partial charge in [0.2, 0.25) is 5.78 Å². The number of benzene rings is 3. The minimum atomic E-state index is -0.455. The van der Waals surface area contributed by atoms with Crippen molar-refractivity contribution in [1.29, 1.82) is 0 Å². The summed E-state index contributed by atoms with van der Waals surface area (Å²) >= 11 is 0. The Balaban J connectivity index is 1.58. The summed E-state index contributed by atoms with van der Waals surface area (Å²) in [5.74, 6) is 1.04. The summed E-state index contributed by atoms with van der Waals surface area (Å²) in [5, 5.41) is 10.0. The molecular weight excluding hydrogens is 452 g/mol. The molecule has 0 radical (unpaired) electrons. The largest absolute Gasteiger partial charge is 0.504 e. The van der Waals surface area contributed by atoms with Gasteiger partial charge in [-0.3, -0.25) is 9.59 Å². The van der Waals surface area contributed by atoms with E-state index in [2.05, 4.69) is 0 Å². The van der Waals surface area contributed by atoms with Crippen molar-refractivity contribution in [3.05, 3.63) is 76.5 Å². The lowest BCUT2D eigenvalue weighted by Crippen LogP contribution is -2.21. The number of fused-ring (bicyclic) bond motifs is 3. The maximum absolute atomic E-state index is 13.2. The molecule has 0 saturated heterocycles. The van der Waals surface area contributed by atoms with Gasteiger partial charge in [0, 0.05) is 11.5 Å². The van der Waals surface area contributed by atoms with Gasteiger partial charge in [0.25, 0.3) is 0 Å². The molecule has 5 rings (SSSR count). The summed E-state index contributed by atoms with van der Waals surface area (Å²) < 4.78 is 27.4. The van der Waals surface area contributed by atoms with E-state index in [-0.39, 0.29) is 29.5 Å². The minimum Gasteiger partial charge on any atom is -0.504 e. The van der Waals surface area contributed by atoms with E-state index in [1.807, 2.05) is 0 Å². The van der Waals surface area contributed by atoms with Crippen LogP contribution in [0.4, 0.5) is 0 Å². The number of hydrogen-bond donors (Lipinski definition) is 1. The molecule has 178 valence electrons. The van der Waals surface area contributed by atoms with Gasteiger partial charge in [-0.2, -0.15) is 0 Å². The third kappa shape index (κ3) is 3.82. The lowest BCUT2D eigenvalue weighted by molar-refractivity contribution is -0.135. The van der Waals surface area contributed by atoms with E-state index >= 15 is 0 Å². The normalized spacial score (nSPS) is 17.3. The van der Waals surface area contributed by atoms with Gasteiger partial charge in [0.05, 0.1) is 33.3 Å². The second-order valence-electron chi connectivity index (χ2n) is 8.07. The van der Waals surface area contributed by atoms with Gasteiger partial charge < -0.3 is 28.8 Å². The van der Waals surface area contributed by atoms with Crippen molar-refractivity contribution in [2.45, 2.75) is 12.3 Å². The lowest BCUT2D eigenvalue weighted by atomic mass is 9.84. The number of ether oxygens (including phenoxy) is 5. The standard InChI is InChI=1S/C27H22O8/c1-31-19-8-4-14(10-22(19)33-3)11-23-26(30)16-6-9-20-25(27(16)35-23)17(13-24(29)34-20)15-5-7-18(28)21(12-15)32-2/h4-12,17,28H,13H2,1-3H3/b23-11-/t17-/m1/s1. The smallest absolute Gasteiger partial charge is 0.312 e. The van der Waals surface area contributed by atoms with Gasteiger partial charge in [-0.05, 0) is 53.6 Å². The number of aromatic hydroxyl groups is 1. The molecule has 0 bridgehead atoms. The Hall–Kier alpha value is -4.46.